The highest BCUT2D eigenvalue weighted by Gasteiger charge is 2.04. The van der Waals surface area contributed by atoms with Crippen LogP contribution in [0.3, 0.4) is 0 Å². The summed E-state index contributed by atoms with van der Waals surface area (Å²) in [5, 5.41) is 0. The van der Waals surface area contributed by atoms with Crippen LogP contribution < -0.4 is 4.74 Å². The Kier molecular flexibility index (Phi) is 4.25. The van der Waals surface area contributed by atoms with E-state index in [2.05, 4.69) is 0 Å². The molecule has 0 bridgehead atoms. The van der Waals surface area contributed by atoms with Gasteiger partial charge in [0.15, 0.2) is 5.78 Å². The lowest BCUT2D eigenvalue weighted by Gasteiger charge is -2.00. The highest BCUT2D eigenvalue weighted by Crippen LogP contribution is 2.14. The van der Waals surface area contributed by atoms with E-state index in [0.29, 0.717) is 11.3 Å². The molecule has 102 valence electrons. The molecule has 0 aliphatic rings. The van der Waals surface area contributed by atoms with Gasteiger partial charge in [-0.25, -0.2) is 8.78 Å². The highest BCUT2D eigenvalue weighted by atomic mass is 19.1. The zero-order valence-electron chi connectivity index (χ0n) is 10.8. The normalized spacial score (nSPS) is 10.8. The van der Waals surface area contributed by atoms with Crippen molar-refractivity contribution >= 4 is 11.9 Å². The van der Waals surface area contributed by atoms with Gasteiger partial charge in [-0.05, 0) is 48.6 Å². The van der Waals surface area contributed by atoms with Crippen molar-refractivity contribution in [3.63, 3.8) is 0 Å². The summed E-state index contributed by atoms with van der Waals surface area (Å²) in [5.41, 5.74) is 0.623. The molecule has 4 heteroatoms. The standard InChI is InChI=1S/C16H12F2O2/c1-20-14-7-3-12(4-8-14)16(19)9-5-11-2-6-13(17)10-15(11)18/h2-10H,1H3/b9-5+. The van der Waals surface area contributed by atoms with Crippen molar-refractivity contribution in [2.24, 2.45) is 0 Å². The SMILES string of the molecule is COc1ccc(C(=O)/C=C/c2ccc(F)cc2F)cc1. The lowest BCUT2D eigenvalue weighted by molar-refractivity contribution is 0.104. The number of hydrogen-bond donors (Lipinski definition) is 0. The number of carbonyl (C=O) groups is 1. The topological polar surface area (TPSA) is 26.3 Å². The zero-order chi connectivity index (χ0) is 14.5. The monoisotopic (exact) mass is 274 g/mol. The number of ketones is 1. The highest BCUT2D eigenvalue weighted by molar-refractivity contribution is 6.06. The van der Waals surface area contributed by atoms with Gasteiger partial charge in [0.05, 0.1) is 7.11 Å². The Morgan fingerprint density at radius 1 is 1.10 bits per heavy atom. The molecule has 2 aromatic rings. The lowest BCUT2D eigenvalue weighted by atomic mass is 10.1. The molecule has 0 aliphatic carbocycles. The van der Waals surface area contributed by atoms with Crippen molar-refractivity contribution in [1.29, 1.82) is 0 Å². The maximum atomic E-state index is 13.4. The Hall–Kier alpha value is -2.49. The molecule has 0 N–H and O–H groups in total. The van der Waals surface area contributed by atoms with Crippen LogP contribution in [0.2, 0.25) is 0 Å². The van der Waals surface area contributed by atoms with Crippen LogP contribution >= 0.6 is 0 Å². The number of hydrogen-bond acceptors (Lipinski definition) is 2. The second-order valence-corrected chi connectivity index (χ2v) is 4.09. The first-order chi connectivity index (χ1) is 9.60. The minimum Gasteiger partial charge on any atom is -0.497 e. The smallest absolute Gasteiger partial charge is 0.185 e. The van der Waals surface area contributed by atoms with Gasteiger partial charge in [0.1, 0.15) is 17.4 Å². The molecule has 0 fully saturated rings. The van der Waals surface area contributed by atoms with Crippen molar-refractivity contribution in [3.8, 4) is 5.75 Å². The Morgan fingerprint density at radius 3 is 2.40 bits per heavy atom. The number of carbonyl (C=O) groups excluding carboxylic acids is 1. The van der Waals surface area contributed by atoms with Gasteiger partial charge >= 0.3 is 0 Å². The Morgan fingerprint density at radius 2 is 1.80 bits per heavy atom. The third-order valence-electron chi connectivity index (χ3n) is 2.75. The molecule has 0 saturated heterocycles. The van der Waals surface area contributed by atoms with E-state index in [-0.39, 0.29) is 11.3 Å². The maximum Gasteiger partial charge on any atom is 0.185 e. The van der Waals surface area contributed by atoms with E-state index in [4.69, 9.17) is 4.74 Å². The van der Waals surface area contributed by atoms with Crippen LogP contribution in [0, 0.1) is 11.6 Å². The fourth-order valence-corrected chi connectivity index (χ4v) is 1.65. The minimum atomic E-state index is -0.705. The van der Waals surface area contributed by atoms with Crippen LogP contribution in [0.15, 0.2) is 48.5 Å². The number of benzene rings is 2. The van der Waals surface area contributed by atoms with Crippen molar-refractivity contribution in [1.82, 2.24) is 0 Å². The number of methoxy groups -OCH3 is 1. The Bertz CT molecular complexity index is 646. The molecule has 0 spiro atoms. The first kappa shape index (κ1) is 13.9. The van der Waals surface area contributed by atoms with E-state index in [1.165, 1.54) is 25.3 Å². The quantitative estimate of drug-likeness (QED) is 0.625. The van der Waals surface area contributed by atoms with E-state index in [9.17, 15) is 13.6 Å². The molecule has 0 aromatic heterocycles. The number of halogens is 2. The third-order valence-corrected chi connectivity index (χ3v) is 2.75. The van der Waals surface area contributed by atoms with Gasteiger partial charge in [-0.3, -0.25) is 4.79 Å². The summed E-state index contributed by atoms with van der Waals surface area (Å²) in [6.07, 6.45) is 2.57. The molecule has 0 atom stereocenters. The summed E-state index contributed by atoms with van der Waals surface area (Å²) < 4.78 is 31.1. The molecule has 0 heterocycles. The number of ether oxygens (including phenoxy) is 1. The van der Waals surface area contributed by atoms with Crippen LogP contribution in [-0.2, 0) is 0 Å². The van der Waals surface area contributed by atoms with Crippen LogP contribution in [0.5, 0.6) is 5.75 Å². The fourth-order valence-electron chi connectivity index (χ4n) is 1.65. The molecular formula is C16H12F2O2. The summed E-state index contributed by atoms with van der Waals surface area (Å²) in [5.74, 6) is -0.976. The average molecular weight is 274 g/mol. The van der Waals surface area contributed by atoms with E-state index < -0.39 is 11.6 Å². The molecule has 0 saturated carbocycles. The molecule has 0 unspecified atom stereocenters. The van der Waals surface area contributed by atoms with Gasteiger partial charge in [0, 0.05) is 17.2 Å². The molecule has 0 radical (unpaired) electrons. The van der Waals surface area contributed by atoms with Crippen molar-refractivity contribution in [3.05, 3.63) is 71.3 Å². The Labute approximate surface area is 115 Å². The van der Waals surface area contributed by atoms with Crippen LogP contribution in [0.4, 0.5) is 8.78 Å². The van der Waals surface area contributed by atoms with Gasteiger partial charge in [-0.1, -0.05) is 0 Å². The summed E-state index contributed by atoms with van der Waals surface area (Å²) in [4.78, 5) is 11.9. The summed E-state index contributed by atoms with van der Waals surface area (Å²) >= 11 is 0. The van der Waals surface area contributed by atoms with E-state index >= 15 is 0 Å². The van der Waals surface area contributed by atoms with Gasteiger partial charge < -0.3 is 4.74 Å². The molecular weight excluding hydrogens is 262 g/mol. The molecule has 0 amide bonds. The predicted molar refractivity (Wildman–Crippen MR) is 72.7 cm³/mol. The van der Waals surface area contributed by atoms with Gasteiger partial charge in [0.2, 0.25) is 0 Å². The molecule has 2 rings (SSSR count). The van der Waals surface area contributed by atoms with Crippen LogP contribution in [0.1, 0.15) is 15.9 Å². The molecule has 2 aromatic carbocycles. The van der Waals surface area contributed by atoms with Gasteiger partial charge in [0.25, 0.3) is 0 Å². The number of rotatable bonds is 4. The maximum absolute atomic E-state index is 13.4. The molecule has 20 heavy (non-hydrogen) atoms. The summed E-state index contributed by atoms with van der Waals surface area (Å²) in [6, 6.07) is 9.76. The Balaban J connectivity index is 2.15. The minimum absolute atomic E-state index is 0.160. The van der Waals surface area contributed by atoms with Gasteiger partial charge in [-0.2, -0.15) is 0 Å². The van der Waals surface area contributed by atoms with E-state index in [1.54, 1.807) is 24.3 Å². The zero-order valence-corrected chi connectivity index (χ0v) is 10.8. The van der Waals surface area contributed by atoms with Crippen LogP contribution in [0.25, 0.3) is 6.08 Å². The lowest BCUT2D eigenvalue weighted by Crippen LogP contribution is -1.94. The van der Waals surface area contributed by atoms with Crippen molar-refractivity contribution in [2.45, 2.75) is 0 Å². The van der Waals surface area contributed by atoms with Crippen LogP contribution in [-0.4, -0.2) is 12.9 Å². The van der Waals surface area contributed by atoms with Crippen molar-refractivity contribution in [2.75, 3.05) is 7.11 Å². The van der Waals surface area contributed by atoms with Crippen molar-refractivity contribution < 1.29 is 18.3 Å². The second-order valence-electron chi connectivity index (χ2n) is 4.09. The fraction of sp³-hybridized carbons (Fsp3) is 0.0625. The molecule has 0 aliphatic heterocycles. The molecule has 2 nitrogen and oxygen atoms in total. The summed E-state index contributed by atoms with van der Waals surface area (Å²) in [7, 11) is 1.54. The third kappa shape index (κ3) is 3.29. The summed E-state index contributed by atoms with van der Waals surface area (Å²) in [6.45, 7) is 0. The second kappa shape index (κ2) is 6.10. The average Bonchev–Trinajstić information content (AvgIpc) is 2.46. The predicted octanol–water partition coefficient (Wildman–Crippen LogP) is 3.87. The largest absolute Gasteiger partial charge is 0.497 e. The van der Waals surface area contributed by atoms with E-state index in [1.807, 2.05) is 0 Å². The van der Waals surface area contributed by atoms with E-state index in [0.717, 1.165) is 12.1 Å². The van der Waals surface area contributed by atoms with Gasteiger partial charge in [-0.15, -0.1) is 0 Å². The first-order valence-electron chi connectivity index (χ1n) is 5.91. The first-order valence-corrected chi connectivity index (χ1v) is 5.91. The number of allylic oxidation sites excluding steroid dienone is 1.